The van der Waals surface area contributed by atoms with Crippen LogP contribution < -0.4 is 11.1 Å². The van der Waals surface area contributed by atoms with E-state index in [1.807, 2.05) is 45.5 Å². The van der Waals surface area contributed by atoms with Crippen molar-refractivity contribution in [2.24, 2.45) is 0 Å². The van der Waals surface area contributed by atoms with E-state index in [0.717, 1.165) is 128 Å². The van der Waals surface area contributed by atoms with Crippen LogP contribution in [0.15, 0.2) is 452 Å². The minimum absolute atomic E-state index is 0.0313. The van der Waals surface area contributed by atoms with Gasteiger partial charge in [0.15, 0.2) is 0 Å². The highest BCUT2D eigenvalue weighted by Crippen LogP contribution is 2.42. The maximum atomic E-state index is 14.4. The van der Waals surface area contributed by atoms with Gasteiger partial charge in [0.2, 0.25) is 0 Å². The van der Waals surface area contributed by atoms with Crippen LogP contribution in [0.2, 0.25) is 0 Å². The first-order valence-electron chi connectivity index (χ1n) is 39.1. The molecule has 0 aliphatic carbocycles. The van der Waals surface area contributed by atoms with Gasteiger partial charge in [0.05, 0.1) is 22.1 Å². The Hall–Kier alpha value is -15.3. The van der Waals surface area contributed by atoms with Crippen LogP contribution in [0.5, 0.6) is 0 Å². The van der Waals surface area contributed by atoms with Crippen molar-refractivity contribution >= 4 is 65.2 Å². The molecule has 0 bridgehead atoms. The van der Waals surface area contributed by atoms with E-state index in [1.165, 1.54) is 55.2 Å². The molecule has 0 fully saturated rings. The molecule has 5 nitrogen and oxygen atoms in total. The normalized spacial score (nSPS) is 11.4. The van der Waals surface area contributed by atoms with Crippen LogP contribution in [0.4, 0.5) is 0 Å². The molecule has 0 unspecified atom stereocenters. The number of hydrogen-bond acceptors (Lipinski definition) is 2. The molecule has 0 spiro atoms. The van der Waals surface area contributed by atoms with Crippen molar-refractivity contribution in [2.75, 3.05) is 0 Å². The van der Waals surface area contributed by atoms with Crippen LogP contribution >= 0.6 is 0 Å². The van der Waals surface area contributed by atoms with Crippen LogP contribution in [0, 0.1) is 0 Å². The molecular weight excluding hydrogens is 1400 g/mol. The van der Waals surface area contributed by atoms with Gasteiger partial charge in [0.25, 0.3) is 11.1 Å². The van der Waals surface area contributed by atoms with E-state index in [0.29, 0.717) is 10.8 Å². The van der Waals surface area contributed by atoms with Crippen molar-refractivity contribution in [3.8, 4) is 128 Å². The molecule has 0 amide bonds. The number of para-hydroxylation sites is 2. The lowest BCUT2D eigenvalue weighted by Crippen LogP contribution is -2.19. The number of rotatable bonds is 13. The third kappa shape index (κ3) is 13.2. The van der Waals surface area contributed by atoms with Crippen molar-refractivity contribution in [1.29, 1.82) is 0 Å². The average molecular weight is 1470 g/mol. The van der Waals surface area contributed by atoms with Crippen molar-refractivity contribution in [3.63, 3.8) is 0 Å². The summed E-state index contributed by atoms with van der Waals surface area (Å²) < 4.78 is 6.08. The molecular formula is C110H73N3O2. The number of nitrogens with zero attached hydrogens (tertiary/aromatic N) is 3. The average Bonchev–Trinajstić information content (AvgIpc) is 1.73. The Morgan fingerprint density at radius 1 is 0.122 bits per heavy atom. The van der Waals surface area contributed by atoms with Crippen molar-refractivity contribution in [1.82, 2.24) is 13.7 Å². The summed E-state index contributed by atoms with van der Waals surface area (Å²) in [5.74, 6) is 0. The molecule has 5 heteroatoms. The topological polar surface area (TPSA) is 48.9 Å². The van der Waals surface area contributed by atoms with Crippen molar-refractivity contribution in [3.05, 3.63) is 464 Å². The lowest BCUT2D eigenvalue weighted by molar-refractivity contribution is 1.06. The van der Waals surface area contributed by atoms with Crippen LogP contribution in [0.25, 0.3) is 193 Å². The maximum Gasteiger partial charge on any atom is 0.263 e. The highest BCUT2D eigenvalue weighted by atomic mass is 16.1. The Kier molecular flexibility index (Phi) is 17.9. The van der Waals surface area contributed by atoms with Gasteiger partial charge < -0.3 is 4.57 Å². The van der Waals surface area contributed by atoms with E-state index in [-0.39, 0.29) is 11.1 Å². The molecule has 18 aromatic carbocycles. The fourth-order valence-electron chi connectivity index (χ4n) is 16.8. The lowest BCUT2D eigenvalue weighted by atomic mass is 9.92. The smallest absolute Gasteiger partial charge is 0.263 e. The minimum Gasteiger partial charge on any atom is -0.309 e. The van der Waals surface area contributed by atoms with Gasteiger partial charge in [0, 0.05) is 49.4 Å². The summed E-state index contributed by atoms with van der Waals surface area (Å²) in [6, 6.07) is 155. The Morgan fingerprint density at radius 2 is 0.322 bits per heavy atom. The van der Waals surface area contributed by atoms with Gasteiger partial charge in [-0.1, -0.05) is 297 Å². The summed E-state index contributed by atoms with van der Waals surface area (Å²) in [4.78, 5) is 28.8. The first-order chi connectivity index (χ1) is 56.8. The first-order valence-corrected chi connectivity index (χ1v) is 39.1. The van der Waals surface area contributed by atoms with Gasteiger partial charge in [-0.25, -0.2) is 0 Å². The zero-order chi connectivity index (χ0) is 76.7. The summed E-state index contributed by atoms with van der Waals surface area (Å²) in [7, 11) is 0. The molecule has 3 aromatic heterocycles. The number of fused-ring (bicyclic) bond motifs is 9. The number of aromatic nitrogens is 3. The van der Waals surface area contributed by atoms with Crippen LogP contribution in [0.3, 0.4) is 0 Å². The highest BCUT2D eigenvalue weighted by molar-refractivity contribution is 6.12. The first kappa shape index (κ1) is 68.9. The highest BCUT2D eigenvalue weighted by Gasteiger charge is 2.20. The largest absolute Gasteiger partial charge is 0.309 e. The standard InChI is InChI=1S/C55H36N2O.C55H37NO/c58-55-49-22-11-10-20-47(49)50-36-41(44-33-42(37-14-4-1-5-15-37)32-43(34-44)38-16-6-2-7-17-38)27-31-54(50)57(55)46-28-24-39(25-29-46)40-26-30-53-51(35-40)48-21-12-13-23-52(48)56(53)45-18-8-3-9-19-45;57-55-52-24-14-13-23-51(52)53-37-43(49-35-46(40-19-9-3-10-20-40)32-47(36-49)41-21-11-4-12-22-41)27-30-54(53)56(55)50-28-25-42(26-29-50)48-33-44(38-15-5-1-6-16-38)31-45(34-48)39-17-7-2-8-18-39/h1-36H;1-37H. The maximum absolute atomic E-state index is 14.4. The molecule has 21 rings (SSSR count). The second-order valence-corrected chi connectivity index (χ2v) is 29.4. The molecule has 0 saturated heterocycles. The van der Waals surface area contributed by atoms with E-state index in [1.54, 1.807) is 0 Å². The molecule has 0 atom stereocenters. The predicted molar refractivity (Wildman–Crippen MR) is 483 cm³/mol. The second-order valence-electron chi connectivity index (χ2n) is 29.4. The summed E-state index contributed by atoms with van der Waals surface area (Å²) in [5.41, 5.74) is 29.7. The summed E-state index contributed by atoms with van der Waals surface area (Å²) in [5, 5.41) is 7.76. The van der Waals surface area contributed by atoms with Gasteiger partial charge in [-0.2, -0.15) is 0 Å². The quantitative estimate of drug-likeness (QED) is 0.108. The molecule has 21 aromatic rings. The Labute approximate surface area is 666 Å². The number of hydrogen-bond donors (Lipinski definition) is 0. The Bertz CT molecular complexity index is 7190. The Morgan fingerprint density at radius 3 is 0.643 bits per heavy atom. The molecule has 0 radical (unpaired) electrons. The summed E-state index contributed by atoms with van der Waals surface area (Å²) >= 11 is 0. The van der Waals surface area contributed by atoms with E-state index >= 15 is 0 Å². The monoisotopic (exact) mass is 1470 g/mol. The van der Waals surface area contributed by atoms with E-state index in [2.05, 4.69) is 411 Å². The zero-order valence-corrected chi connectivity index (χ0v) is 62.8. The minimum atomic E-state index is -0.0338. The van der Waals surface area contributed by atoms with Crippen LogP contribution in [-0.2, 0) is 0 Å². The van der Waals surface area contributed by atoms with Gasteiger partial charge in [-0.05, 0) is 268 Å². The van der Waals surface area contributed by atoms with Gasteiger partial charge in [0.1, 0.15) is 0 Å². The van der Waals surface area contributed by atoms with Crippen molar-refractivity contribution in [2.45, 2.75) is 0 Å². The second kappa shape index (κ2) is 29.8. The van der Waals surface area contributed by atoms with E-state index in [9.17, 15) is 9.59 Å². The van der Waals surface area contributed by atoms with Gasteiger partial charge in [-0.3, -0.25) is 18.7 Å². The zero-order valence-electron chi connectivity index (χ0n) is 62.8. The fourth-order valence-corrected chi connectivity index (χ4v) is 16.8. The molecule has 0 aliphatic heterocycles. The third-order valence-corrected chi connectivity index (χ3v) is 22.5. The molecule has 0 aliphatic rings. The van der Waals surface area contributed by atoms with E-state index < -0.39 is 0 Å². The van der Waals surface area contributed by atoms with Crippen LogP contribution in [0.1, 0.15) is 0 Å². The SMILES string of the molecule is O=c1c2ccccc2c2cc(-c3cc(-c4ccccc4)cc(-c4ccccc4)c3)ccc2n1-c1ccc(-c2cc(-c3ccccc3)cc(-c3ccccc3)c2)cc1.O=c1c2ccccc2c2cc(-c3cc(-c4ccccc4)cc(-c4ccccc4)c3)ccc2n1-c1ccc(-c2ccc3c(c2)c2ccccc2n3-c2ccccc2)cc1. The van der Waals surface area contributed by atoms with Gasteiger partial charge in [-0.15, -0.1) is 0 Å². The van der Waals surface area contributed by atoms with E-state index in [4.69, 9.17) is 0 Å². The Balaban J connectivity index is 0.000000149. The molecule has 0 N–H and O–H groups in total. The fraction of sp³-hybridized carbons (Fsp3) is 0. The third-order valence-electron chi connectivity index (χ3n) is 22.5. The lowest BCUT2D eigenvalue weighted by Gasteiger charge is -2.16. The number of pyridine rings is 2. The number of benzene rings is 18. The molecule has 3 heterocycles. The molecule has 0 saturated carbocycles. The summed E-state index contributed by atoms with van der Waals surface area (Å²) in [6.07, 6.45) is 0. The van der Waals surface area contributed by atoms with Crippen LogP contribution in [-0.4, -0.2) is 13.7 Å². The molecule has 540 valence electrons. The van der Waals surface area contributed by atoms with Crippen molar-refractivity contribution < 1.29 is 0 Å². The molecule has 115 heavy (non-hydrogen) atoms. The summed E-state index contributed by atoms with van der Waals surface area (Å²) in [6.45, 7) is 0. The predicted octanol–water partition coefficient (Wildman–Crippen LogP) is 28.1. The van der Waals surface area contributed by atoms with Gasteiger partial charge >= 0.3 is 0 Å².